The number of hydrogen-bond acceptors (Lipinski definition) is 5. The van der Waals surface area contributed by atoms with Crippen molar-refractivity contribution in [3.05, 3.63) is 33.9 Å². The number of nitro groups is 1. The summed E-state index contributed by atoms with van der Waals surface area (Å²) < 4.78 is 5.54. The molecule has 138 valence electrons. The van der Waals surface area contributed by atoms with E-state index in [9.17, 15) is 14.9 Å². The van der Waals surface area contributed by atoms with E-state index < -0.39 is 5.97 Å². The van der Waals surface area contributed by atoms with Gasteiger partial charge in [0.25, 0.3) is 5.69 Å². The lowest BCUT2D eigenvalue weighted by molar-refractivity contribution is -0.384. The predicted molar refractivity (Wildman–Crippen MR) is 95.2 cm³/mol. The van der Waals surface area contributed by atoms with Crippen molar-refractivity contribution in [1.82, 2.24) is 0 Å². The molecule has 2 atom stereocenters. The van der Waals surface area contributed by atoms with Crippen LogP contribution in [0.4, 0.5) is 11.4 Å². The second-order valence-corrected chi connectivity index (χ2v) is 6.79. The van der Waals surface area contributed by atoms with Crippen LogP contribution in [0.5, 0.6) is 0 Å². The molecule has 7 heteroatoms. The fraction of sp³-hybridized carbons (Fsp3) is 0.611. The lowest BCUT2D eigenvalue weighted by Gasteiger charge is -2.39. The molecule has 7 nitrogen and oxygen atoms in total. The van der Waals surface area contributed by atoms with Crippen LogP contribution >= 0.6 is 0 Å². The van der Waals surface area contributed by atoms with Crippen LogP contribution in [0.1, 0.15) is 45.1 Å². The number of rotatable bonds is 7. The molecule has 25 heavy (non-hydrogen) atoms. The van der Waals surface area contributed by atoms with Crippen molar-refractivity contribution in [2.45, 2.75) is 45.6 Å². The molecule has 1 aromatic carbocycles. The Labute approximate surface area is 147 Å². The highest BCUT2D eigenvalue weighted by molar-refractivity contribution is 5.69. The van der Waals surface area contributed by atoms with Crippen LogP contribution in [-0.2, 0) is 9.53 Å². The summed E-state index contributed by atoms with van der Waals surface area (Å²) in [7, 11) is 0. The first-order valence-electron chi connectivity index (χ1n) is 8.69. The third-order valence-electron chi connectivity index (χ3n) is 4.83. The molecule has 1 fully saturated rings. The summed E-state index contributed by atoms with van der Waals surface area (Å²) >= 11 is 0. The molecular formula is C18H26N2O5. The zero-order valence-corrected chi connectivity index (χ0v) is 15.0. The highest BCUT2D eigenvalue weighted by Gasteiger charge is 2.31. The van der Waals surface area contributed by atoms with Gasteiger partial charge in [-0.25, -0.2) is 0 Å². The van der Waals surface area contributed by atoms with Crippen LogP contribution in [0.15, 0.2) is 18.2 Å². The molecule has 0 aliphatic carbocycles. The van der Waals surface area contributed by atoms with Crippen LogP contribution in [-0.4, -0.2) is 41.8 Å². The standard InChI is InChI=1S/C18H26N2O5/c1-4-13(10-18(21)22)14-5-6-15(16(9-14)20(23)24)19-7-8-25-11-17(19)12(2)3/h5-6,9,12-13,17H,4,7-8,10-11H2,1-3H3,(H,21,22). The number of hydrogen-bond donors (Lipinski definition) is 1. The molecule has 2 rings (SSSR count). The molecule has 0 saturated carbocycles. The number of benzene rings is 1. The number of nitro benzene ring substituents is 1. The van der Waals surface area contributed by atoms with E-state index in [-0.39, 0.29) is 29.0 Å². The van der Waals surface area contributed by atoms with Crippen molar-refractivity contribution in [3.63, 3.8) is 0 Å². The third-order valence-corrected chi connectivity index (χ3v) is 4.83. The summed E-state index contributed by atoms with van der Waals surface area (Å²) in [5.41, 5.74) is 1.32. The number of ether oxygens (including phenoxy) is 1. The van der Waals surface area contributed by atoms with Gasteiger partial charge in [-0.2, -0.15) is 0 Å². The summed E-state index contributed by atoms with van der Waals surface area (Å²) in [6, 6.07) is 5.21. The second-order valence-electron chi connectivity index (χ2n) is 6.79. The van der Waals surface area contributed by atoms with Gasteiger partial charge in [-0.15, -0.1) is 0 Å². The van der Waals surface area contributed by atoms with Crippen molar-refractivity contribution in [2.24, 2.45) is 5.92 Å². The molecule has 1 heterocycles. The Kier molecular flexibility index (Phi) is 6.36. The molecule has 0 spiro atoms. The molecule has 2 unspecified atom stereocenters. The van der Waals surface area contributed by atoms with Gasteiger partial charge in [0.05, 0.1) is 30.6 Å². The zero-order valence-electron chi connectivity index (χ0n) is 15.0. The van der Waals surface area contributed by atoms with Gasteiger partial charge in [-0.1, -0.05) is 26.8 Å². The zero-order chi connectivity index (χ0) is 18.6. The van der Waals surface area contributed by atoms with Gasteiger partial charge in [0.1, 0.15) is 5.69 Å². The predicted octanol–water partition coefficient (Wildman–Crippen LogP) is 3.42. The monoisotopic (exact) mass is 350 g/mol. The minimum Gasteiger partial charge on any atom is -0.481 e. The number of carbonyl (C=O) groups is 1. The van der Waals surface area contributed by atoms with E-state index >= 15 is 0 Å². The minimum atomic E-state index is -0.897. The average Bonchev–Trinajstić information content (AvgIpc) is 2.58. The summed E-state index contributed by atoms with van der Waals surface area (Å²) in [6.45, 7) is 7.74. The van der Waals surface area contributed by atoms with Crippen LogP contribution in [0, 0.1) is 16.0 Å². The lowest BCUT2D eigenvalue weighted by Crippen LogP contribution is -2.48. The van der Waals surface area contributed by atoms with Crippen LogP contribution in [0.3, 0.4) is 0 Å². The molecule has 1 aliphatic heterocycles. The minimum absolute atomic E-state index is 0.0286. The van der Waals surface area contributed by atoms with Gasteiger partial charge in [0, 0.05) is 12.6 Å². The van der Waals surface area contributed by atoms with Gasteiger partial charge >= 0.3 is 5.97 Å². The van der Waals surface area contributed by atoms with E-state index in [2.05, 4.69) is 13.8 Å². The van der Waals surface area contributed by atoms with E-state index in [0.29, 0.717) is 43.3 Å². The summed E-state index contributed by atoms with van der Waals surface area (Å²) in [6.07, 6.45) is 0.591. The maximum Gasteiger partial charge on any atom is 0.303 e. The van der Waals surface area contributed by atoms with E-state index in [4.69, 9.17) is 9.84 Å². The maximum absolute atomic E-state index is 11.7. The molecule has 0 amide bonds. The number of carboxylic acid groups (broad SMARTS) is 1. The van der Waals surface area contributed by atoms with Crippen LogP contribution in [0.2, 0.25) is 0 Å². The molecule has 1 N–H and O–H groups in total. The highest BCUT2D eigenvalue weighted by Crippen LogP contribution is 2.36. The summed E-state index contributed by atoms with van der Waals surface area (Å²) in [5, 5.41) is 20.7. The van der Waals surface area contributed by atoms with Gasteiger partial charge in [0.2, 0.25) is 0 Å². The fourth-order valence-electron chi connectivity index (χ4n) is 3.37. The Morgan fingerprint density at radius 1 is 1.48 bits per heavy atom. The Balaban J connectivity index is 2.41. The Morgan fingerprint density at radius 2 is 2.20 bits per heavy atom. The van der Waals surface area contributed by atoms with Crippen LogP contribution < -0.4 is 4.90 Å². The Hall–Kier alpha value is -2.15. The van der Waals surface area contributed by atoms with Gasteiger partial charge in [0.15, 0.2) is 0 Å². The van der Waals surface area contributed by atoms with Gasteiger partial charge in [-0.05, 0) is 29.9 Å². The SMILES string of the molecule is CCC(CC(=O)O)c1ccc(N2CCOCC2C(C)C)c([N+](=O)[O-])c1. The lowest BCUT2D eigenvalue weighted by atomic mass is 9.92. The number of carboxylic acids is 1. The summed E-state index contributed by atoms with van der Waals surface area (Å²) in [4.78, 5) is 24.4. The van der Waals surface area contributed by atoms with Crippen molar-refractivity contribution in [2.75, 3.05) is 24.7 Å². The molecule has 0 bridgehead atoms. The third kappa shape index (κ3) is 4.48. The Morgan fingerprint density at radius 3 is 2.76 bits per heavy atom. The molecule has 0 aromatic heterocycles. The fourth-order valence-corrected chi connectivity index (χ4v) is 3.37. The largest absolute Gasteiger partial charge is 0.481 e. The highest BCUT2D eigenvalue weighted by atomic mass is 16.6. The number of nitrogens with zero attached hydrogens (tertiary/aromatic N) is 2. The molecule has 1 aromatic rings. The molecule has 0 radical (unpaired) electrons. The smallest absolute Gasteiger partial charge is 0.303 e. The molecule has 1 saturated heterocycles. The normalized spacial score (nSPS) is 19.0. The number of morpholine rings is 1. The summed E-state index contributed by atoms with van der Waals surface area (Å²) in [5.74, 6) is -0.822. The Bertz CT molecular complexity index is 632. The number of anilines is 1. The van der Waals surface area contributed by atoms with Gasteiger partial charge in [-0.3, -0.25) is 14.9 Å². The van der Waals surface area contributed by atoms with E-state index in [1.807, 2.05) is 17.9 Å². The first-order valence-corrected chi connectivity index (χ1v) is 8.69. The van der Waals surface area contributed by atoms with Crippen molar-refractivity contribution in [3.8, 4) is 0 Å². The quantitative estimate of drug-likeness (QED) is 0.598. The average molecular weight is 350 g/mol. The first kappa shape index (κ1) is 19.2. The molecule has 1 aliphatic rings. The second kappa shape index (κ2) is 8.29. The van der Waals surface area contributed by atoms with E-state index in [0.717, 1.165) is 0 Å². The van der Waals surface area contributed by atoms with Crippen molar-refractivity contribution >= 4 is 17.3 Å². The topological polar surface area (TPSA) is 92.9 Å². The number of aliphatic carboxylic acids is 1. The van der Waals surface area contributed by atoms with E-state index in [1.165, 1.54) is 0 Å². The first-order chi connectivity index (χ1) is 11.8. The van der Waals surface area contributed by atoms with Crippen molar-refractivity contribution in [1.29, 1.82) is 0 Å². The van der Waals surface area contributed by atoms with Crippen molar-refractivity contribution < 1.29 is 19.6 Å². The van der Waals surface area contributed by atoms with Crippen LogP contribution in [0.25, 0.3) is 0 Å². The van der Waals surface area contributed by atoms with Gasteiger partial charge < -0.3 is 14.7 Å². The molecular weight excluding hydrogens is 324 g/mol. The maximum atomic E-state index is 11.7. The van der Waals surface area contributed by atoms with E-state index in [1.54, 1.807) is 12.1 Å².